The number of carbonyl (C=O) groups excluding carboxylic acids is 2. The zero-order chi connectivity index (χ0) is 17.6. The van der Waals surface area contributed by atoms with Gasteiger partial charge in [0.25, 0.3) is 5.91 Å². The first kappa shape index (κ1) is 17.7. The van der Waals surface area contributed by atoms with Gasteiger partial charge in [-0.1, -0.05) is 6.07 Å². The van der Waals surface area contributed by atoms with E-state index in [1.54, 1.807) is 19.2 Å². The molecule has 0 bridgehead atoms. The van der Waals surface area contributed by atoms with Gasteiger partial charge < -0.3 is 19.7 Å². The predicted octanol–water partition coefficient (Wildman–Crippen LogP) is 1.84. The zero-order valence-corrected chi connectivity index (χ0v) is 14.7. The van der Waals surface area contributed by atoms with Crippen LogP contribution in [0.1, 0.15) is 36.0 Å². The van der Waals surface area contributed by atoms with Crippen LogP contribution in [0.15, 0.2) is 24.3 Å². The third-order valence-corrected chi connectivity index (χ3v) is 5.00. The Morgan fingerprint density at radius 1 is 1.28 bits per heavy atom. The Morgan fingerprint density at radius 2 is 2.08 bits per heavy atom. The van der Waals surface area contributed by atoms with Crippen molar-refractivity contribution in [1.29, 1.82) is 0 Å². The summed E-state index contributed by atoms with van der Waals surface area (Å²) in [5, 5.41) is 3.00. The summed E-state index contributed by atoms with van der Waals surface area (Å²) in [4.78, 5) is 26.7. The van der Waals surface area contributed by atoms with E-state index in [2.05, 4.69) is 5.32 Å². The quantitative estimate of drug-likeness (QED) is 0.883. The maximum Gasteiger partial charge on any atom is 0.253 e. The minimum Gasteiger partial charge on any atom is -0.497 e. The summed E-state index contributed by atoms with van der Waals surface area (Å²) in [5.41, 5.74) is 0.626. The van der Waals surface area contributed by atoms with E-state index in [4.69, 9.17) is 9.47 Å². The first-order valence-corrected chi connectivity index (χ1v) is 9.00. The number of carbonyl (C=O) groups is 2. The van der Waals surface area contributed by atoms with E-state index in [9.17, 15) is 9.59 Å². The van der Waals surface area contributed by atoms with E-state index < -0.39 is 0 Å². The number of piperidine rings is 1. The molecule has 0 radical (unpaired) electrons. The SMILES string of the molecule is COc1cccc(C(=O)N2CCC(C(=O)NC[C@@H]3CCCO3)CC2)c1. The van der Waals surface area contributed by atoms with E-state index in [0.717, 1.165) is 19.4 Å². The minimum atomic E-state index is -0.0178. The second kappa shape index (κ2) is 8.34. The molecular weight excluding hydrogens is 320 g/mol. The van der Waals surface area contributed by atoms with Crippen LogP contribution in [0, 0.1) is 5.92 Å². The van der Waals surface area contributed by atoms with Gasteiger partial charge in [-0.2, -0.15) is 0 Å². The molecule has 136 valence electrons. The number of ether oxygens (including phenoxy) is 2. The smallest absolute Gasteiger partial charge is 0.253 e. The van der Waals surface area contributed by atoms with Crippen molar-refractivity contribution in [2.24, 2.45) is 5.92 Å². The molecule has 6 nitrogen and oxygen atoms in total. The molecule has 2 aliphatic rings. The summed E-state index contributed by atoms with van der Waals surface area (Å²) >= 11 is 0. The molecule has 2 aliphatic heterocycles. The fourth-order valence-corrected chi connectivity index (χ4v) is 3.45. The largest absolute Gasteiger partial charge is 0.497 e. The lowest BCUT2D eigenvalue weighted by Crippen LogP contribution is -2.44. The van der Waals surface area contributed by atoms with E-state index in [0.29, 0.717) is 43.8 Å². The van der Waals surface area contributed by atoms with Crippen LogP contribution < -0.4 is 10.1 Å². The number of rotatable bonds is 5. The van der Waals surface area contributed by atoms with Crippen LogP contribution in [0.2, 0.25) is 0 Å². The summed E-state index contributed by atoms with van der Waals surface area (Å²) < 4.78 is 10.7. The van der Waals surface area contributed by atoms with E-state index in [1.165, 1.54) is 0 Å². The molecule has 0 unspecified atom stereocenters. The molecule has 0 aliphatic carbocycles. The normalized spacial score (nSPS) is 21.2. The lowest BCUT2D eigenvalue weighted by Gasteiger charge is -2.31. The van der Waals surface area contributed by atoms with E-state index >= 15 is 0 Å². The summed E-state index contributed by atoms with van der Waals surface area (Å²) in [6, 6.07) is 7.19. The van der Waals surface area contributed by atoms with Crippen LogP contribution in [0.5, 0.6) is 5.75 Å². The fourth-order valence-electron chi connectivity index (χ4n) is 3.45. The fraction of sp³-hybridized carbons (Fsp3) is 0.579. The average molecular weight is 346 g/mol. The average Bonchev–Trinajstić information content (AvgIpc) is 3.19. The summed E-state index contributed by atoms with van der Waals surface area (Å²) in [7, 11) is 1.59. The highest BCUT2D eigenvalue weighted by atomic mass is 16.5. The highest BCUT2D eigenvalue weighted by molar-refractivity contribution is 5.94. The first-order chi connectivity index (χ1) is 12.2. The minimum absolute atomic E-state index is 0.00267. The molecule has 1 N–H and O–H groups in total. The topological polar surface area (TPSA) is 67.9 Å². The molecule has 25 heavy (non-hydrogen) atoms. The number of amides is 2. The maximum atomic E-state index is 12.6. The monoisotopic (exact) mass is 346 g/mol. The molecule has 0 spiro atoms. The van der Waals surface area contributed by atoms with Crippen molar-refractivity contribution in [3.8, 4) is 5.75 Å². The molecular formula is C19H26N2O4. The number of nitrogens with zero attached hydrogens (tertiary/aromatic N) is 1. The second-order valence-corrected chi connectivity index (χ2v) is 6.68. The van der Waals surface area contributed by atoms with Gasteiger partial charge in [-0.3, -0.25) is 9.59 Å². The molecule has 6 heteroatoms. The third-order valence-electron chi connectivity index (χ3n) is 5.00. The van der Waals surface area contributed by atoms with Crippen LogP contribution >= 0.6 is 0 Å². The maximum absolute atomic E-state index is 12.6. The summed E-state index contributed by atoms with van der Waals surface area (Å²) in [6.45, 7) is 2.61. The zero-order valence-electron chi connectivity index (χ0n) is 14.7. The Labute approximate surface area is 148 Å². The molecule has 0 aromatic heterocycles. The van der Waals surface area contributed by atoms with Crippen LogP contribution in [0.3, 0.4) is 0 Å². The highest BCUT2D eigenvalue weighted by Gasteiger charge is 2.28. The van der Waals surface area contributed by atoms with Gasteiger partial charge in [0.05, 0.1) is 13.2 Å². The second-order valence-electron chi connectivity index (χ2n) is 6.68. The van der Waals surface area contributed by atoms with Crippen molar-refractivity contribution in [2.45, 2.75) is 31.8 Å². The van der Waals surface area contributed by atoms with Gasteiger partial charge in [-0.05, 0) is 43.9 Å². The number of benzene rings is 1. The Balaban J connectivity index is 1.47. The van der Waals surface area contributed by atoms with Crippen LogP contribution in [-0.2, 0) is 9.53 Å². The summed E-state index contributed by atoms with van der Waals surface area (Å²) in [5.74, 6) is 0.742. The molecule has 1 aromatic rings. The van der Waals surface area contributed by atoms with Crippen molar-refractivity contribution in [3.63, 3.8) is 0 Å². The van der Waals surface area contributed by atoms with Crippen molar-refractivity contribution in [2.75, 3.05) is 33.4 Å². The van der Waals surface area contributed by atoms with E-state index in [-0.39, 0.29) is 23.8 Å². The Bertz CT molecular complexity index is 605. The van der Waals surface area contributed by atoms with Crippen molar-refractivity contribution in [1.82, 2.24) is 10.2 Å². The lowest BCUT2D eigenvalue weighted by molar-refractivity contribution is -0.126. The Kier molecular flexibility index (Phi) is 5.91. The van der Waals surface area contributed by atoms with Gasteiger partial charge in [0.1, 0.15) is 5.75 Å². The Morgan fingerprint density at radius 3 is 2.76 bits per heavy atom. The lowest BCUT2D eigenvalue weighted by atomic mass is 9.95. The predicted molar refractivity (Wildman–Crippen MR) is 93.6 cm³/mol. The van der Waals surface area contributed by atoms with Gasteiger partial charge in [-0.15, -0.1) is 0 Å². The van der Waals surface area contributed by atoms with Gasteiger partial charge >= 0.3 is 0 Å². The molecule has 2 saturated heterocycles. The van der Waals surface area contributed by atoms with Gasteiger partial charge in [0.2, 0.25) is 5.91 Å². The molecule has 1 atom stereocenters. The van der Waals surface area contributed by atoms with Crippen molar-refractivity contribution in [3.05, 3.63) is 29.8 Å². The van der Waals surface area contributed by atoms with Crippen LogP contribution in [-0.4, -0.2) is 56.2 Å². The third kappa shape index (κ3) is 4.51. The Hall–Kier alpha value is -2.08. The number of hydrogen-bond acceptors (Lipinski definition) is 4. The highest BCUT2D eigenvalue weighted by Crippen LogP contribution is 2.21. The number of hydrogen-bond donors (Lipinski definition) is 1. The molecule has 2 heterocycles. The summed E-state index contributed by atoms with van der Waals surface area (Å²) in [6.07, 6.45) is 3.66. The van der Waals surface area contributed by atoms with Crippen LogP contribution in [0.25, 0.3) is 0 Å². The van der Waals surface area contributed by atoms with Gasteiger partial charge in [0.15, 0.2) is 0 Å². The van der Waals surface area contributed by atoms with Crippen molar-refractivity contribution < 1.29 is 19.1 Å². The molecule has 3 rings (SSSR count). The molecule has 2 fully saturated rings. The van der Waals surface area contributed by atoms with Crippen LogP contribution in [0.4, 0.5) is 0 Å². The molecule has 0 saturated carbocycles. The molecule has 2 amide bonds. The number of methoxy groups -OCH3 is 1. The number of likely N-dealkylation sites (tertiary alicyclic amines) is 1. The first-order valence-electron chi connectivity index (χ1n) is 9.00. The van der Waals surface area contributed by atoms with Gasteiger partial charge in [0, 0.05) is 37.7 Å². The number of nitrogens with one attached hydrogen (secondary N) is 1. The van der Waals surface area contributed by atoms with Gasteiger partial charge in [-0.25, -0.2) is 0 Å². The molecule has 1 aromatic carbocycles. The van der Waals surface area contributed by atoms with E-state index in [1.807, 2.05) is 17.0 Å². The van der Waals surface area contributed by atoms with Crippen molar-refractivity contribution >= 4 is 11.8 Å². The standard InChI is InChI=1S/C19H26N2O4/c1-24-16-5-2-4-15(12-16)19(23)21-9-7-14(8-10-21)18(22)20-13-17-6-3-11-25-17/h2,4-5,12,14,17H,3,6-11,13H2,1H3,(H,20,22)/t17-/m0/s1.